The van der Waals surface area contributed by atoms with Crippen LogP contribution in [0.3, 0.4) is 0 Å². The highest BCUT2D eigenvalue weighted by Crippen LogP contribution is 2.14. The molecule has 0 bridgehead atoms. The van der Waals surface area contributed by atoms with E-state index in [1.54, 1.807) is 24.3 Å². The molecule has 1 heterocycles. The topological polar surface area (TPSA) is 110 Å². The Labute approximate surface area is 113 Å². The standard InChI is InChI=1S/C12H12N4O4/c17-8-9-3-1-2-4-10(9)13-12(18)7-15-6-5-11(14-15)16(19)20/h1-6,17H,7-8H2,(H,13,18). The number of benzene rings is 1. The number of nitro groups is 1. The molecule has 1 aromatic heterocycles. The summed E-state index contributed by atoms with van der Waals surface area (Å²) in [5.41, 5.74) is 1.09. The van der Waals surface area contributed by atoms with E-state index >= 15 is 0 Å². The van der Waals surface area contributed by atoms with Gasteiger partial charge in [0.05, 0.1) is 24.0 Å². The second kappa shape index (κ2) is 5.93. The van der Waals surface area contributed by atoms with Gasteiger partial charge in [-0.25, -0.2) is 0 Å². The SMILES string of the molecule is O=C(Cn1ccc([N+](=O)[O-])n1)Nc1ccccc1CO. The van der Waals surface area contributed by atoms with Crippen molar-refractivity contribution in [3.63, 3.8) is 0 Å². The molecule has 2 aromatic rings. The van der Waals surface area contributed by atoms with Crippen molar-refractivity contribution in [2.24, 2.45) is 0 Å². The predicted octanol–water partition coefficient (Wildman–Crippen LogP) is 0.922. The van der Waals surface area contributed by atoms with Gasteiger partial charge >= 0.3 is 5.82 Å². The predicted molar refractivity (Wildman–Crippen MR) is 69.9 cm³/mol. The van der Waals surface area contributed by atoms with E-state index in [-0.39, 0.29) is 24.9 Å². The minimum absolute atomic E-state index is 0.145. The van der Waals surface area contributed by atoms with Gasteiger partial charge in [-0.05, 0) is 11.0 Å². The summed E-state index contributed by atoms with van der Waals surface area (Å²) < 4.78 is 1.18. The number of rotatable bonds is 5. The Morgan fingerprint density at radius 3 is 2.80 bits per heavy atom. The Morgan fingerprint density at radius 2 is 2.15 bits per heavy atom. The molecule has 0 fully saturated rings. The number of hydrogen-bond donors (Lipinski definition) is 2. The molecule has 8 heteroatoms. The van der Waals surface area contributed by atoms with E-state index in [0.29, 0.717) is 11.3 Å². The van der Waals surface area contributed by atoms with E-state index in [2.05, 4.69) is 10.4 Å². The number of aromatic nitrogens is 2. The van der Waals surface area contributed by atoms with Crippen LogP contribution in [-0.4, -0.2) is 25.7 Å². The maximum atomic E-state index is 11.8. The van der Waals surface area contributed by atoms with Crippen LogP contribution in [0.5, 0.6) is 0 Å². The number of nitrogens with one attached hydrogen (secondary N) is 1. The van der Waals surface area contributed by atoms with E-state index < -0.39 is 4.92 Å². The molecule has 1 amide bonds. The molecule has 8 nitrogen and oxygen atoms in total. The number of aliphatic hydroxyl groups excluding tert-OH is 1. The summed E-state index contributed by atoms with van der Waals surface area (Å²) >= 11 is 0. The van der Waals surface area contributed by atoms with Crippen molar-refractivity contribution in [2.75, 3.05) is 5.32 Å². The Bertz CT molecular complexity index is 638. The van der Waals surface area contributed by atoms with Gasteiger partial charge in [0.1, 0.15) is 6.54 Å². The number of anilines is 1. The minimum Gasteiger partial charge on any atom is -0.392 e. The lowest BCUT2D eigenvalue weighted by molar-refractivity contribution is -0.389. The molecule has 0 saturated heterocycles. The number of amides is 1. The summed E-state index contributed by atoms with van der Waals surface area (Å²) in [5.74, 6) is -0.697. The third-order valence-electron chi connectivity index (χ3n) is 2.58. The number of nitrogens with zero attached hydrogens (tertiary/aromatic N) is 3. The summed E-state index contributed by atoms with van der Waals surface area (Å²) in [6.45, 7) is -0.336. The molecule has 104 valence electrons. The Morgan fingerprint density at radius 1 is 1.40 bits per heavy atom. The van der Waals surface area contributed by atoms with Crippen molar-refractivity contribution in [3.05, 3.63) is 52.2 Å². The van der Waals surface area contributed by atoms with Gasteiger partial charge in [-0.15, -0.1) is 0 Å². The molecule has 0 aliphatic carbocycles. The monoisotopic (exact) mass is 276 g/mol. The van der Waals surface area contributed by atoms with Gasteiger partial charge in [-0.3, -0.25) is 4.79 Å². The van der Waals surface area contributed by atoms with E-state index in [4.69, 9.17) is 5.11 Å². The van der Waals surface area contributed by atoms with E-state index in [0.717, 1.165) is 0 Å². The molecular formula is C12H12N4O4. The van der Waals surface area contributed by atoms with E-state index in [9.17, 15) is 14.9 Å². The molecule has 2 N–H and O–H groups in total. The Balaban J connectivity index is 2.03. The lowest BCUT2D eigenvalue weighted by Gasteiger charge is -2.08. The van der Waals surface area contributed by atoms with Crippen molar-refractivity contribution in [3.8, 4) is 0 Å². The van der Waals surface area contributed by atoms with Gasteiger partial charge in [0.25, 0.3) is 0 Å². The fourth-order valence-corrected chi connectivity index (χ4v) is 1.65. The molecule has 0 aliphatic rings. The molecule has 0 radical (unpaired) electrons. The normalized spacial score (nSPS) is 10.2. The lowest BCUT2D eigenvalue weighted by atomic mass is 10.2. The van der Waals surface area contributed by atoms with Crippen LogP contribution in [0.2, 0.25) is 0 Å². The van der Waals surface area contributed by atoms with Crippen LogP contribution in [0, 0.1) is 10.1 Å². The molecule has 0 unspecified atom stereocenters. The zero-order valence-corrected chi connectivity index (χ0v) is 10.4. The highest BCUT2D eigenvalue weighted by Gasteiger charge is 2.14. The first-order chi connectivity index (χ1) is 9.60. The second-order valence-electron chi connectivity index (χ2n) is 3.99. The van der Waals surface area contributed by atoms with Crippen LogP contribution in [0.1, 0.15) is 5.56 Å². The highest BCUT2D eigenvalue weighted by molar-refractivity contribution is 5.91. The van der Waals surface area contributed by atoms with Gasteiger partial charge < -0.3 is 20.5 Å². The number of aliphatic hydroxyl groups is 1. The van der Waals surface area contributed by atoms with Crippen molar-refractivity contribution in [1.29, 1.82) is 0 Å². The minimum atomic E-state index is -0.629. The molecular weight excluding hydrogens is 264 g/mol. The molecule has 20 heavy (non-hydrogen) atoms. The Hall–Kier alpha value is -2.74. The summed E-state index contributed by atoms with van der Waals surface area (Å²) in [6, 6.07) is 8.05. The first-order valence-corrected chi connectivity index (χ1v) is 5.76. The van der Waals surface area contributed by atoms with Crippen LogP contribution in [-0.2, 0) is 17.9 Å². The maximum absolute atomic E-state index is 11.8. The fourth-order valence-electron chi connectivity index (χ4n) is 1.65. The van der Waals surface area contributed by atoms with Gasteiger partial charge in [0, 0.05) is 11.3 Å². The number of carbonyl (C=O) groups excluding carboxylic acids is 1. The number of carbonyl (C=O) groups is 1. The summed E-state index contributed by atoms with van der Waals surface area (Å²) in [5, 5.41) is 25.9. The molecule has 0 aliphatic heterocycles. The number of hydrogen-bond acceptors (Lipinski definition) is 5. The van der Waals surface area contributed by atoms with Crippen LogP contribution in [0.4, 0.5) is 11.5 Å². The molecule has 0 atom stereocenters. The van der Waals surface area contributed by atoms with Crippen molar-refractivity contribution < 1.29 is 14.8 Å². The first-order valence-electron chi connectivity index (χ1n) is 5.76. The lowest BCUT2D eigenvalue weighted by Crippen LogP contribution is -2.19. The summed E-state index contributed by atoms with van der Waals surface area (Å²) in [6.07, 6.45) is 1.36. The average Bonchev–Trinajstić information content (AvgIpc) is 2.88. The molecule has 0 spiro atoms. The van der Waals surface area contributed by atoms with Gasteiger partial charge in [-0.1, -0.05) is 18.2 Å². The number of para-hydroxylation sites is 1. The van der Waals surface area contributed by atoms with Crippen LogP contribution >= 0.6 is 0 Å². The summed E-state index contributed by atoms with van der Waals surface area (Å²) in [7, 11) is 0. The van der Waals surface area contributed by atoms with Gasteiger partial charge in [-0.2, -0.15) is 4.68 Å². The highest BCUT2D eigenvalue weighted by atomic mass is 16.6. The third-order valence-corrected chi connectivity index (χ3v) is 2.58. The zero-order valence-electron chi connectivity index (χ0n) is 10.4. The smallest absolute Gasteiger partial charge is 0.389 e. The van der Waals surface area contributed by atoms with Crippen LogP contribution in [0.15, 0.2) is 36.5 Å². The molecule has 0 saturated carbocycles. The molecule has 1 aromatic carbocycles. The van der Waals surface area contributed by atoms with Gasteiger partial charge in [0.15, 0.2) is 0 Å². The average molecular weight is 276 g/mol. The van der Waals surface area contributed by atoms with Crippen molar-refractivity contribution in [1.82, 2.24) is 9.78 Å². The van der Waals surface area contributed by atoms with Gasteiger partial charge in [0.2, 0.25) is 5.91 Å². The van der Waals surface area contributed by atoms with Crippen molar-refractivity contribution >= 4 is 17.4 Å². The van der Waals surface area contributed by atoms with E-state index in [1.165, 1.54) is 16.9 Å². The van der Waals surface area contributed by atoms with Crippen LogP contribution < -0.4 is 5.32 Å². The fraction of sp³-hybridized carbons (Fsp3) is 0.167. The van der Waals surface area contributed by atoms with E-state index in [1.807, 2.05) is 0 Å². The van der Waals surface area contributed by atoms with Crippen LogP contribution in [0.25, 0.3) is 0 Å². The largest absolute Gasteiger partial charge is 0.392 e. The zero-order chi connectivity index (χ0) is 14.5. The van der Waals surface area contributed by atoms with Crippen molar-refractivity contribution in [2.45, 2.75) is 13.2 Å². The quantitative estimate of drug-likeness (QED) is 0.623. The summed E-state index contributed by atoms with van der Waals surface area (Å²) in [4.78, 5) is 21.7. The molecule has 2 rings (SSSR count). The first kappa shape index (κ1) is 13.7. The second-order valence-corrected chi connectivity index (χ2v) is 3.99. The third kappa shape index (κ3) is 3.18. The Kier molecular flexibility index (Phi) is 4.06. The maximum Gasteiger partial charge on any atom is 0.389 e.